The van der Waals surface area contributed by atoms with E-state index in [1.54, 1.807) is 35.2 Å². The summed E-state index contributed by atoms with van der Waals surface area (Å²) >= 11 is 18.1. The largest absolute Gasteiger partial charge is 0.493 e. The van der Waals surface area contributed by atoms with E-state index >= 15 is 0 Å². The zero-order valence-corrected chi connectivity index (χ0v) is 18.9. The van der Waals surface area contributed by atoms with Gasteiger partial charge in [-0.2, -0.15) is 0 Å². The van der Waals surface area contributed by atoms with Crippen molar-refractivity contribution < 1.29 is 14.3 Å². The smallest absolute Gasteiger partial charge is 0.253 e. The molecule has 1 atom stereocenters. The highest BCUT2D eigenvalue weighted by molar-refractivity contribution is 6.42. The van der Waals surface area contributed by atoms with Gasteiger partial charge in [0.2, 0.25) is 5.91 Å². The zero-order chi connectivity index (χ0) is 21.9. The summed E-state index contributed by atoms with van der Waals surface area (Å²) in [6.07, 6.45) is 1.60. The number of rotatable bonds is 6. The molecule has 0 radical (unpaired) electrons. The SMILES string of the molecule is Cc1cc(OC[C@]2(CC(N)=O)CCCN(C(=O)c3ccc(Cl)c(Cl)c3)C2)ccc1Cl. The topological polar surface area (TPSA) is 72.6 Å². The molecule has 8 heteroatoms. The van der Waals surface area contributed by atoms with Crippen molar-refractivity contribution in [2.24, 2.45) is 11.1 Å². The van der Waals surface area contributed by atoms with Gasteiger partial charge in [-0.15, -0.1) is 0 Å². The Hall–Kier alpha value is -1.95. The Bertz CT molecular complexity index is 967. The summed E-state index contributed by atoms with van der Waals surface area (Å²) in [4.78, 5) is 26.6. The number of piperidine rings is 1. The van der Waals surface area contributed by atoms with Crippen LogP contribution in [-0.4, -0.2) is 36.4 Å². The number of benzene rings is 2. The molecule has 1 fully saturated rings. The highest BCUT2D eigenvalue weighted by atomic mass is 35.5. The van der Waals surface area contributed by atoms with E-state index < -0.39 is 11.3 Å². The minimum atomic E-state index is -0.566. The van der Waals surface area contributed by atoms with Gasteiger partial charge in [-0.05, 0) is 61.7 Å². The second-order valence-corrected chi connectivity index (χ2v) is 9.02. The maximum absolute atomic E-state index is 13.0. The minimum absolute atomic E-state index is 0.130. The van der Waals surface area contributed by atoms with Crippen LogP contribution in [0.1, 0.15) is 35.2 Å². The number of carbonyl (C=O) groups is 2. The second kappa shape index (κ2) is 9.46. The van der Waals surface area contributed by atoms with Gasteiger partial charge in [0.05, 0.1) is 16.7 Å². The van der Waals surface area contributed by atoms with Gasteiger partial charge in [0.15, 0.2) is 0 Å². The van der Waals surface area contributed by atoms with E-state index in [-0.39, 0.29) is 18.9 Å². The first-order valence-corrected chi connectivity index (χ1v) is 10.7. The molecule has 2 aromatic carbocycles. The molecule has 2 amide bonds. The van der Waals surface area contributed by atoms with E-state index in [0.29, 0.717) is 39.5 Å². The molecule has 0 unspecified atom stereocenters. The first kappa shape index (κ1) is 22.7. The number of ether oxygens (including phenoxy) is 1. The van der Waals surface area contributed by atoms with Gasteiger partial charge in [0.1, 0.15) is 5.75 Å². The van der Waals surface area contributed by atoms with E-state index in [1.807, 2.05) is 13.0 Å². The molecule has 0 bridgehead atoms. The molecule has 30 heavy (non-hydrogen) atoms. The molecular weight excluding hydrogens is 447 g/mol. The molecule has 0 aliphatic carbocycles. The van der Waals surface area contributed by atoms with E-state index in [2.05, 4.69) is 0 Å². The summed E-state index contributed by atoms with van der Waals surface area (Å²) in [6.45, 7) is 3.11. The molecule has 5 nitrogen and oxygen atoms in total. The molecule has 160 valence electrons. The Kier molecular flexibility index (Phi) is 7.17. The molecule has 1 saturated heterocycles. The summed E-state index contributed by atoms with van der Waals surface area (Å²) in [6, 6.07) is 10.2. The fraction of sp³-hybridized carbons (Fsp3) is 0.364. The van der Waals surface area contributed by atoms with Gasteiger partial charge < -0.3 is 15.4 Å². The second-order valence-electron chi connectivity index (χ2n) is 7.80. The number of likely N-dealkylation sites (tertiary alicyclic amines) is 1. The van der Waals surface area contributed by atoms with Crippen molar-refractivity contribution in [3.8, 4) is 5.75 Å². The number of amides is 2. The highest BCUT2D eigenvalue weighted by Gasteiger charge is 2.39. The van der Waals surface area contributed by atoms with Crippen LogP contribution in [0.4, 0.5) is 0 Å². The average molecular weight is 470 g/mol. The first-order valence-electron chi connectivity index (χ1n) is 9.61. The lowest BCUT2D eigenvalue weighted by atomic mass is 9.77. The van der Waals surface area contributed by atoms with Gasteiger partial charge in [0, 0.05) is 35.5 Å². The molecule has 1 heterocycles. The molecule has 0 aromatic heterocycles. The predicted octanol–water partition coefficient (Wildman–Crippen LogP) is 5.13. The van der Waals surface area contributed by atoms with Crippen molar-refractivity contribution in [3.63, 3.8) is 0 Å². The van der Waals surface area contributed by atoms with Crippen LogP contribution in [0.2, 0.25) is 15.1 Å². The molecule has 2 aromatic rings. The summed E-state index contributed by atoms with van der Waals surface area (Å²) < 4.78 is 6.01. The van der Waals surface area contributed by atoms with Crippen molar-refractivity contribution in [1.82, 2.24) is 4.90 Å². The number of carbonyl (C=O) groups excluding carboxylic acids is 2. The number of primary amides is 1. The fourth-order valence-electron chi connectivity index (χ4n) is 3.82. The molecule has 0 saturated carbocycles. The maximum Gasteiger partial charge on any atom is 0.253 e. The van der Waals surface area contributed by atoms with Gasteiger partial charge in [0.25, 0.3) is 5.91 Å². The van der Waals surface area contributed by atoms with Gasteiger partial charge in [-0.1, -0.05) is 34.8 Å². The normalized spacial score (nSPS) is 18.9. The summed E-state index contributed by atoms with van der Waals surface area (Å²) in [5.41, 5.74) is 6.33. The number of halogens is 3. The lowest BCUT2D eigenvalue weighted by Crippen LogP contribution is -2.50. The van der Waals surface area contributed by atoms with Crippen LogP contribution in [0.5, 0.6) is 5.75 Å². The van der Waals surface area contributed by atoms with Crippen LogP contribution >= 0.6 is 34.8 Å². The molecular formula is C22H23Cl3N2O3. The third-order valence-electron chi connectivity index (χ3n) is 5.34. The van der Waals surface area contributed by atoms with Gasteiger partial charge in [-0.25, -0.2) is 0 Å². The van der Waals surface area contributed by atoms with Crippen LogP contribution in [0.3, 0.4) is 0 Å². The maximum atomic E-state index is 13.0. The minimum Gasteiger partial charge on any atom is -0.493 e. The Morgan fingerprint density at radius 3 is 2.50 bits per heavy atom. The van der Waals surface area contributed by atoms with E-state index in [1.165, 1.54) is 0 Å². The van der Waals surface area contributed by atoms with Gasteiger partial charge >= 0.3 is 0 Å². The Balaban J connectivity index is 1.78. The van der Waals surface area contributed by atoms with Crippen molar-refractivity contribution >= 4 is 46.6 Å². The molecule has 1 aliphatic heterocycles. The molecule has 3 rings (SSSR count). The molecule has 0 spiro atoms. The van der Waals surface area contributed by atoms with Crippen molar-refractivity contribution in [2.45, 2.75) is 26.2 Å². The van der Waals surface area contributed by atoms with E-state index in [9.17, 15) is 9.59 Å². The summed E-state index contributed by atoms with van der Waals surface area (Å²) in [5.74, 6) is 0.0767. The van der Waals surface area contributed by atoms with Crippen LogP contribution in [0.15, 0.2) is 36.4 Å². The quantitative estimate of drug-likeness (QED) is 0.637. The Morgan fingerprint density at radius 2 is 1.83 bits per heavy atom. The van der Waals surface area contributed by atoms with Crippen LogP contribution in [0.25, 0.3) is 0 Å². The van der Waals surface area contributed by atoms with Crippen LogP contribution in [-0.2, 0) is 4.79 Å². The van der Waals surface area contributed by atoms with Crippen molar-refractivity contribution in [3.05, 3.63) is 62.6 Å². The van der Waals surface area contributed by atoms with Crippen LogP contribution in [0, 0.1) is 12.3 Å². The average Bonchev–Trinajstić information content (AvgIpc) is 2.70. The van der Waals surface area contributed by atoms with E-state index in [4.69, 9.17) is 45.3 Å². The van der Waals surface area contributed by atoms with Crippen LogP contribution < -0.4 is 10.5 Å². The number of hydrogen-bond acceptors (Lipinski definition) is 3. The lowest BCUT2D eigenvalue weighted by molar-refractivity contribution is -0.122. The van der Waals surface area contributed by atoms with E-state index in [0.717, 1.165) is 18.4 Å². The number of hydrogen-bond donors (Lipinski definition) is 1. The number of aryl methyl sites for hydroxylation is 1. The highest BCUT2D eigenvalue weighted by Crippen LogP contribution is 2.36. The summed E-state index contributed by atoms with van der Waals surface area (Å²) in [5, 5.41) is 1.37. The lowest BCUT2D eigenvalue weighted by Gasteiger charge is -2.42. The Morgan fingerprint density at radius 1 is 1.10 bits per heavy atom. The molecule has 1 aliphatic rings. The third kappa shape index (κ3) is 5.39. The first-order chi connectivity index (χ1) is 14.2. The monoisotopic (exact) mass is 468 g/mol. The fourth-order valence-corrected chi connectivity index (χ4v) is 4.23. The van der Waals surface area contributed by atoms with Crippen molar-refractivity contribution in [2.75, 3.05) is 19.7 Å². The van der Waals surface area contributed by atoms with Gasteiger partial charge in [-0.3, -0.25) is 9.59 Å². The zero-order valence-electron chi connectivity index (χ0n) is 16.6. The standard InChI is InChI=1S/C22H23Cl3N2O3/c1-14-9-16(4-6-17(14)23)30-13-22(11-20(26)28)7-2-8-27(12-22)21(29)15-3-5-18(24)19(25)10-15/h3-6,9-10H,2,7-8,11-13H2,1H3,(H2,26,28)/t22-/m0/s1. The summed E-state index contributed by atoms with van der Waals surface area (Å²) in [7, 11) is 0. The third-order valence-corrected chi connectivity index (χ3v) is 6.50. The Labute approximate surface area is 191 Å². The predicted molar refractivity (Wildman–Crippen MR) is 120 cm³/mol. The van der Waals surface area contributed by atoms with Crippen molar-refractivity contribution in [1.29, 1.82) is 0 Å². The number of nitrogens with two attached hydrogens (primary N) is 1. The number of nitrogens with zero attached hydrogens (tertiary/aromatic N) is 1. The molecule has 2 N–H and O–H groups in total.